The number of hydrogen-bond donors (Lipinski definition) is 0. The molecule has 1 aliphatic carbocycles. The van der Waals surface area contributed by atoms with Gasteiger partial charge in [0.1, 0.15) is 0 Å². The molecule has 3 heteroatoms. The van der Waals surface area contributed by atoms with Crippen LogP contribution >= 0.6 is 0 Å². The summed E-state index contributed by atoms with van der Waals surface area (Å²) in [5.41, 5.74) is 3.51. The number of allylic oxidation sites excluding steroid dienone is 5. The van der Waals surface area contributed by atoms with Gasteiger partial charge in [0.25, 0.3) is 0 Å². The van der Waals surface area contributed by atoms with Crippen LogP contribution in [0.15, 0.2) is 87.6 Å². The minimum Gasteiger partial charge on any atom is -0.403 e. The zero-order chi connectivity index (χ0) is 16.4. The first-order chi connectivity index (χ1) is 11.8. The maximum Gasteiger partial charge on any atom is 0.347 e. The predicted molar refractivity (Wildman–Crippen MR) is 96.4 cm³/mol. The lowest BCUT2D eigenvalue weighted by Gasteiger charge is -2.08. The van der Waals surface area contributed by atoms with Crippen LogP contribution in [-0.4, -0.2) is 4.98 Å². The van der Waals surface area contributed by atoms with Gasteiger partial charge in [-0.05, 0) is 35.8 Å². The lowest BCUT2D eigenvalue weighted by Crippen LogP contribution is -2.04. The fourth-order valence-corrected chi connectivity index (χ4v) is 2.73. The van der Waals surface area contributed by atoms with Crippen LogP contribution in [0, 0.1) is 0 Å². The number of nitrogens with zero attached hydrogens (tertiary/aromatic N) is 1. The molecule has 4 rings (SSSR count). The van der Waals surface area contributed by atoms with Gasteiger partial charge in [-0.2, -0.15) is 0 Å². The Morgan fingerprint density at radius 3 is 2.54 bits per heavy atom. The molecular weight excluding hydrogens is 298 g/mol. The van der Waals surface area contributed by atoms with E-state index in [1.807, 2.05) is 48.6 Å². The summed E-state index contributed by atoms with van der Waals surface area (Å²) in [6.45, 7) is 0. The first-order valence-corrected chi connectivity index (χ1v) is 7.84. The van der Waals surface area contributed by atoms with Crippen LogP contribution in [0.3, 0.4) is 0 Å². The van der Waals surface area contributed by atoms with Crippen LogP contribution < -0.4 is 5.63 Å². The molecule has 3 nitrogen and oxygen atoms in total. The standard InChI is InChI=1S/C21H15NO2/c23-21-18-8-4-5-9-19(18)22-20(24-21)17-12-10-16(11-13-17)14-15-6-2-1-3-7-15/h1-10,12-14H,11H2. The van der Waals surface area contributed by atoms with E-state index in [9.17, 15) is 4.79 Å². The summed E-state index contributed by atoms with van der Waals surface area (Å²) >= 11 is 0. The number of para-hydroxylation sites is 1. The SMILES string of the molecule is O=c1oc(C2=CCC(=Cc3ccccc3)C=C2)nc2ccccc12. The van der Waals surface area contributed by atoms with E-state index in [1.54, 1.807) is 12.1 Å². The average molecular weight is 313 g/mol. The molecule has 0 amide bonds. The fraction of sp³-hybridized carbons (Fsp3) is 0.0476. The third-order valence-electron chi connectivity index (χ3n) is 3.97. The molecule has 0 fully saturated rings. The van der Waals surface area contributed by atoms with Gasteiger partial charge in [-0.1, -0.05) is 60.7 Å². The Labute approximate surface area is 139 Å². The molecule has 0 saturated heterocycles. The van der Waals surface area contributed by atoms with E-state index in [4.69, 9.17) is 4.42 Å². The van der Waals surface area contributed by atoms with Gasteiger partial charge in [-0.3, -0.25) is 0 Å². The minimum absolute atomic E-state index is 0.351. The summed E-state index contributed by atoms with van der Waals surface area (Å²) in [5, 5.41) is 0.506. The zero-order valence-corrected chi connectivity index (χ0v) is 13.0. The summed E-state index contributed by atoms with van der Waals surface area (Å²) in [4.78, 5) is 16.5. The van der Waals surface area contributed by atoms with E-state index in [0.717, 1.165) is 12.0 Å². The molecule has 0 unspecified atom stereocenters. The molecule has 0 spiro atoms. The van der Waals surface area contributed by atoms with Crippen LogP contribution in [0.4, 0.5) is 0 Å². The second kappa shape index (κ2) is 6.13. The summed E-state index contributed by atoms with van der Waals surface area (Å²) in [7, 11) is 0. The van der Waals surface area contributed by atoms with E-state index in [1.165, 1.54) is 11.1 Å². The van der Waals surface area contributed by atoms with Gasteiger partial charge in [0.15, 0.2) is 0 Å². The van der Waals surface area contributed by atoms with Crippen molar-refractivity contribution in [3.05, 3.63) is 100 Å². The molecular formula is C21H15NO2. The number of hydrogen-bond acceptors (Lipinski definition) is 3. The van der Waals surface area contributed by atoms with Gasteiger partial charge in [-0.15, -0.1) is 0 Å². The number of fused-ring (bicyclic) bond motifs is 1. The highest BCUT2D eigenvalue weighted by molar-refractivity contribution is 5.80. The fourth-order valence-electron chi connectivity index (χ4n) is 2.73. The smallest absolute Gasteiger partial charge is 0.347 e. The zero-order valence-electron chi connectivity index (χ0n) is 13.0. The Kier molecular flexibility index (Phi) is 3.67. The van der Waals surface area contributed by atoms with Crippen molar-refractivity contribution in [2.24, 2.45) is 0 Å². The Morgan fingerprint density at radius 2 is 1.75 bits per heavy atom. The minimum atomic E-state index is -0.351. The molecule has 2 aromatic carbocycles. The molecule has 0 saturated carbocycles. The summed E-state index contributed by atoms with van der Waals surface area (Å²) in [5.74, 6) is 0.369. The van der Waals surface area contributed by atoms with E-state index in [2.05, 4.69) is 23.2 Å². The maximum atomic E-state index is 12.1. The van der Waals surface area contributed by atoms with Crippen molar-refractivity contribution in [2.75, 3.05) is 0 Å². The van der Waals surface area contributed by atoms with Crippen molar-refractivity contribution in [3.63, 3.8) is 0 Å². The third kappa shape index (κ3) is 2.84. The molecule has 1 aliphatic rings. The van der Waals surface area contributed by atoms with Gasteiger partial charge in [0.2, 0.25) is 5.89 Å². The van der Waals surface area contributed by atoms with Crippen molar-refractivity contribution in [1.82, 2.24) is 4.98 Å². The molecule has 1 heterocycles. The van der Waals surface area contributed by atoms with Crippen LogP contribution in [-0.2, 0) is 0 Å². The molecule has 116 valence electrons. The van der Waals surface area contributed by atoms with Crippen LogP contribution in [0.1, 0.15) is 17.9 Å². The highest BCUT2D eigenvalue weighted by Crippen LogP contribution is 2.24. The Balaban J connectivity index is 1.65. The highest BCUT2D eigenvalue weighted by atomic mass is 16.4. The van der Waals surface area contributed by atoms with Crippen LogP contribution in [0.25, 0.3) is 22.6 Å². The predicted octanol–water partition coefficient (Wildman–Crippen LogP) is 4.61. The lowest BCUT2D eigenvalue weighted by molar-refractivity contribution is 0.487. The molecule has 0 atom stereocenters. The van der Waals surface area contributed by atoms with E-state index in [-0.39, 0.29) is 5.63 Å². The molecule has 0 bridgehead atoms. The molecule has 0 aliphatic heterocycles. The van der Waals surface area contributed by atoms with Crippen molar-refractivity contribution in [2.45, 2.75) is 6.42 Å². The molecule has 3 aromatic rings. The lowest BCUT2D eigenvalue weighted by atomic mass is 10.00. The summed E-state index contributed by atoms with van der Waals surface area (Å²) in [6, 6.07) is 17.4. The summed E-state index contributed by atoms with van der Waals surface area (Å²) in [6.07, 6.45) is 8.94. The second-order valence-corrected chi connectivity index (χ2v) is 5.65. The average Bonchev–Trinajstić information content (AvgIpc) is 2.63. The van der Waals surface area contributed by atoms with Gasteiger partial charge in [-0.25, -0.2) is 9.78 Å². The molecule has 1 aromatic heterocycles. The topological polar surface area (TPSA) is 43.1 Å². The monoisotopic (exact) mass is 313 g/mol. The van der Waals surface area contributed by atoms with Crippen LogP contribution in [0.5, 0.6) is 0 Å². The normalized spacial score (nSPS) is 15.7. The van der Waals surface area contributed by atoms with E-state index in [0.29, 0.717) is 16.8 Å². The van der Waals surface area contributed by atoms with Gasteiger partial charge in [0.05, 0.1) is 10.9 Å². The summed E-state index contributed by atoms with van der Waals surface area (Å²) < 4.78 is 5.38. The highest BCUT2D eigenvalue weighted by Gasteiger charge is 2.11. The van der Waals surface area contributed by atoms with Gasteiger partial charge >= 0.3 is 5.63 Å². The first kappa shape index (κ1) is 14.4. The number of rotatable bonds is 2. The molecule has 0 N–H and O–H groups in total. The second-order valence-electron chi connectivity index (χ2n) is 5.65. The Hall–Kier alpha value is -3.20. The van der Waals surface area contributed by atoms with Crippen molar-refractivity contribution in [1.29, 1.82) is 0 Å². The first-order valence-electron chi connectivity index (χ1n) is 7.84. The van der Waals surface area contributed by atoms with Gasteiger partial charge in [0, 0.05) is 5.57 Å². The Morgan fingerprint density at radius 1 is 0.958 bits per heavy atom. The maximum absolute atomic E-state index is 12.1. The van der Waals surface area contributed by atoms with Crippen molar-refractivity contribution in [3.8, 4) is 0 Å². The van der Waals surface area contributed by atoms with Crippen LogP contribution in [0.2, 0.25) is 0 Å². The van der Waals surface area contributed by atoms with Crippen molar-refractivity contribution >= 4 is 22.6 Å². The van der Waals surface area contributed by atoms with E-state index >= 15 is 0 Å². The Bertz CT molecular complexity index is 1040. The number of benzene rings is 2. The largest absolute Gasteiger partial charge is 0.403 e. The van der Waals surface area contributed by atoms with Crippen molar-refractivity contribution < 1.29 is 4.42 Å². The molecule has 24 heavy (non-hydrogen) atoms. The number of aromatic nitrogens is 1. The van der Waals surface area contributed by atoms with E-state index < -0.39 is 0 Å². The molecule has 0 radical (unpaired) electrons. The van der Waals surface area contributed by atoms with Gasteiger partial charge < -0.3 is 4.42 Å². The third-order valence-corrected chi connectivity index (χ3v) is 3.97. The quantitative estimate of drug-likeness (QED) is 0.693.